The highest BCUT2D eigenvalue weighted by Crippen LogP contribution is 2.34. The average molecular weight is 791 g/mol. The summed E-state index contributed by atoms with van der Waals surface area (Å²) in [5, 5.41) is 32.4. The Balaban J connectivity index is 0.832. The molecule has 4 aromatic rings. The predicted molar refractivity (Wildman–Crippen MR) is 220 cm³/mol. The molecule has 1 saturated carbocycles. The molecule has 0 radical (unpaired) electrons. The number of rotatable bonds is 13. The van der Waals surface area contributed by atoms with Crippen LogP contribution in [0.25, 0.3) is 10.9 Å². The summed E-state index contributed by atoms with van der Waals surface area (Å²) in [5.74, 6) is 2.28. The van der Waals surface area contributed by atoms with E-state index in [0.29, 0.717) is 66.2 Å². The topological polar surface area (TPSA) is 188 Å². The Labute approximate surface area is 335 Å². The molecule has 2 unspecified atom stereocenters. The summed E-state index contributed by atoms with van der Waals surface area (Å²) in [4.78, 5) is 38.0. The molecule has 5 heterocycles. The molecular formula is C41H50N12O3S. The van der Waals surface area contributed by atoms with E-state index < -0.39 is 17.0 Å². The number of hydrogen-bond acceptors (Lipinski definition) is 11. The molecule has 57 heavy (non-hydrogen) atoms. The number of fused-ring (bicyclic) bond motifs is 1. The second kappa shape index (κ2) is 16.7. The van der Waals surface area contributed by atoms with Gasteiger partial charge in [0.1, 0.15) is 16.8 Å². The van der Waals surface area contributed by atoms with Crippen LogP contribution in [0.3, 0.4) is 0 Å². The van der Waals surface area contributed by atoms with E-state index in [0.717, 1.165) is 85.9 Å². The SMILES string of the molecule is CC(Cc1cc(S(=O)N2CCC(Nc3ncc(C=N)c(NC4CC4)n3)CC2)ccc1C#N)CN1CCC(c2ccc3c(N4CCC(=O)NC4=O)nn(C)c3c2)CC1. The largest absolute Gasteiger partial charge is 0.367 e. The predicted octanol–water partition coefficient (Wildman–Crippen LogP) is 4.91. The molecule has 0 spiro atoms. The lowest BCUT2D eigenvalue weighted by molar-refractivity contribution is -0.120. The van der Waals surface area contributed by atoms with Gasteiger partial charge in [0.15, 0.2) is 5.82 Å². The molecule has 2 aromatic carbocycles. The first-order valence-corrected chi connectivity index (χ1v) is 21.2. The van der Waals surface area contributed by atoms with Crippen molar-refractivity contribution in [2.75, 3.05) is 54.8 Å². The zero-order valence-corrected chi connectivity index (χ0v) is 33.4. The number of nitrogens with one attached hydrogen (secondary N) is 4. The summed E-state index contributed by atoms with van der Waals surface area (Å²) in [7, 11) is 0.554. The van der Waals surface area contributed by atoms with E-state index in [1.54, 1.807) is 11.1 Å². The van der Waals surface area contributed by atoms with Crippen molar-refractivity contribution in [3.63, 3.8) is 0 Å². The molecule has 4 fully saturated rings. The van der Waals surface area contributed by atoms with E-state index >= 15 is 0 Å². The molecule has 3 amide bonds. The Morgan fingerprint density at radius 3 is 2.51 bits per heavy atom. The minimum atomic E-state index is -1.33. The summed E-state index contributed by atoms with van der Waals surface area (Å²) >= 11 is 0. The normalized spacial score (nSPS) is 19.9. The molecule has 3 saturated heterocycles. The lowest BCUT2D eigenvalue weighted by Crippen LogP contribution is -2.49. The number of nitriles is 1. The van der Waals surface area contributed by atoms with Crippen molar-refractivity contribution >= 4 is 57.6 Å². The number of piperidine rings is 2. The highest BCUT2D eigenvalue weighted by Gasteiger charge is 2.30. The first-order chi connectivity index (χ1) is 27.6. The summed E-state index contributed by atoms with van der Waals surface area (Å²) < 4.78 is 17.6. The molecule has 16 heteroatoms. The molecule has 0 bridgehead atoms. The van der Waals surface area contributed by atoms with Crippen LogP contribution in [-0.4, -0.2) is 103 Å². The third-order valence-electron chi connectivity index (χ3n) is 11.7. The minimum absolute atomic E-state index is 0.156. The molecule has 4 N–H and O–H groups in total. The lowest BCUT2D eigenvalue weighted by atomic mass is 9.88. The van der Waals surface area contributed by atoms with Gasteiger partial charge in [-0.2, -0.15) is 15.3 Å². The standard InChI is InChI=1S/C41H50N12O3S/c1-26(25-51-14-9-27(10-15-51)28-4-8-35-36(21-28)50(2)49-39(35)53-18-13-37(54)47-41(53)55)19-30-20-34(7-3-29(30)22-42)57(56)52-16-11-33(12-17-52)46-40-44-24-31(23-43)38(48-40)45-32-5-6-32/h3-4,7-8,20-21,23-24,26-27,32-33,43H,5-6,9-19,25H2,1-2H3,(H,47,54,55)(H2,44,45,46,48). The lowest BCUT2D eigenvalue weighted by Gasteiger charge is -2.34. The van der Waals surface area contributed by atoms with Crippen molar-refractivity contribution < 1.29 is 13.8 Å². The monoisotopic (exact) mass is 790 g/mol. The van der Waals surface area contributed by atoms with Crippen LogP contribution in [0.5, 0.6) is 0 Å². The van der Waals surface area contributed by atoms with Gasteiger partial charge in [-0.1, -0.05) is 13.0 Å². The van der Waals surface area contributed by atoms with Gasteiger partial charge in [-0.3, -0.25) is 19.7 Å². The zero-order chi connectivity index (χ0) is 39.6. The van der Waals surface area contributed by atoms with Crippen LogP contribution in [0, 0.1) is 22.7 Å². The Bertz CT molecular complexity index is 2230. The van der Waals surface area contributed by atoms with Crippen LogP contribution >= 0.6 is 0 Å². The summed E-state index contributed by atoms with van der Waals surface area (Å²) in [5.41, 5.74) is 4.49. The molecular weight excluding hydrogens is 741 g/mol. The third kappa shape index (κ3) is 8.70. The van der Waals surface area contributed by atoms with Crippen molar-refractivity contribution in [3.05, 3.63) is 64.8 Å². The molecule has 15 nitrogen and oxygen atoms in total. The van der Waals surface area contributed by atoms with Crippen LogP contribution < -0.4 is 20.9 Å². The van der Waals surface area contributed by atoms with Gasteiger partial charge in [-0.25, -0.2) is 18.3 Å². The van der Waals surface area contributed by atoms with Gasteiger partial charge in [0, 0.05) is 69.5 Å². The van der Waals surface area contributed by atoms with Gasteiger partial charge < -0.3 is 20.9 Å². The average Bonchev–Trinajstić information content (AvgIpc) is 3.98. The number of carbonyl (C=O) groups excluding carboxylic acids is 2. The van der Waals surface area contributed by atoms with Gasteiger partial charge in [0.25, 0.3) is 0 Å². The van der Waals surface area contributed by atoms with E-state index in [1.807, 2.05) is 34.2 Å². The Morgan fingerprint density at radius 2 is 1.79 bits per heavy atom. The van der Waals surface area contributed by atoms with E-state index in [2.05, 4.69) is 67.1 Å². The van der Waals surface area contributed by atoms with Gasteiger partial charge in [-0.05, 0) is 111 Å². The fourth-order valence-corrected chi connectivity index (χ4v) is 9.63. The fourth-order valence-electron chi connectivity index (χ4n) is 8.36. The maximum absolute atomic E-state index is 13.8. The second-order valence-corrected chi connectivity index (χ2v) is 17.4. The fraction of sp³-hybridized carbons (Fsp3) is 0.488. The highest BCUT2D eigenvalue weighted by molar-refractivity contribution is 7.82. The van der Waals surface area contributed by atoms with Gasteiger partial charge in [0.2, 0.25) is 11.9 Å². The molecule has 3 aliphatic heterocycles. The summed E-state index contributed by atoms with van der Waals surface area (Å²) in [6.07, 6.45) is 9.84. The number of hydrogen-bond donors (Lipinski definition) is 4. The number of carbonyl (C=O) groups is 2. The third-order valence-corrected chi connectivity index (χ3v) is 13.2. The Hall–Kier alpha value is -5.24. The van der Waals surface area contributed by atoms with E-state index in [1.165, 1.54) is 11.8 Å². The number of aromatic nitrogens is 4. The van der Waals surface area contributed by atoms with Crippen LogP contribution in [-0.2, 0) is 29.2 Å². The minimum Gasteiger partial charge on any atom is -0.367 e. The van der Waals surface area contributed by atoms with Gasteiger partial charge in [0.05, 0.1) is 27.6 Å². The molecule has 8 rings (SSSR count). The quantitative estimate of drug-likeness (QED) is 0.136. The van der Waals surface area contributed by atoms with Crippen LogP contribution in [0.2, 0.25) is 0 Å². The molecule has 1 aliphatic carbocycles. The number of amides is 3. The highest BCUT2D eigenvalue weighted by atomic mass is 32.2. The van der Waals surface area contributed by atoms with Gasteiger partial charge >= 0.3 is 6.03 Å². The van der Waals surface area contributed by atoms with Crippen molar-refractivity contribution in [2.24, 2.45) is 13.0 Å². The second-order valence-electron chi connectivity index (χ2n) is 16.0. The summed E-state index contributed by atoms with van der Waals surface area (Å²) in [6.45, 7) is 6.74. The van der Waals surface area contributed by atoms with Gasteiger partial charge in [-0.15, -0.1) is 0 Å². The van der Waals surface area contributed by atoms with Crippen molar-refractivity contribution in [1.29, 1.82) is 10.7 Å². The molecule has 2 atom stereocenters. The van der Waals surface area contributed by atoms with Crippen LogP contribution in [0.4, 0.5) is 22.4 Å². The molecule has 2 aromatic heterocycles. The van der Waals surface area contributed by atoms with Crippen molar-refractivity contribution in [1.82, 2.24) is 34.3 Å². The van der Waals surface area contributed by atoms with Crippen molar-refractivity contribution in [2.45, 2.75) is 81.2 Å². The summed E-state index contributed by atoms with van der Waals surface area (Å²) in [6, 6.07) is 14.5. The number of urea groups is 1. The zero-order valence-electron chi connectivity index (χ0n) is 32.5. The number of imide groups is 1. The smallest absolute Gasteiger partial charge is 0.329 e. The van der Waals surface area contributed by atoms with Crippen LogP contribution in [0.1, 0.15) is 80.0 Å². The number of aryl methyl sites for hydroxylation is 1. The Morgan fingerprint density at radius 1 is 1.02 bits per heavy atom. The maximum atomic E-state index is 13.8. The first kappa shape index (κ1) is 38.6. The van der Waals surface area contributed by atoms with Crippen molar-refractivity contribution in [3.8, 4) is 6.07 Å². The van der Waals surface area contributed by atoms with E-state index in [9.17, 15) is 19.1 Å². The van der Waals surface area contributed by atoms with Crippen LogP contribution in [0.15, 0.2) is 47.5 Å². The molecule has 298 valence electrons. The number of nitrogens with zero attached hydrogens (tertiary/aromatic N) is 8. The number of likely N-dealkylation sites (tertiary alicyclic amines) is 1. The van der Waals surface area contributed by atoms with E-state index in [-0.39, 0.29) is 18.4 Å². The Kier molecular flexibility index (Phi) is 11.3. The number of anilines is 3. The maximum Gasteiger partial charge on any atom is 0.329 e. The number of benzene rings is 2. The van der Waals surface area contributed by atoms with E-state index in [4.69, 9.17) is 5.41 Å². The first-order valence-electron chi connectivity index (χ1n) is 20.1. The molecule has 4 aliphatic rings.